The van der Waals surface area contributed by atoms with Crippen LogP contribution in [0.4, 0.5) is 0 Å². The zero-order valence-electron chi connectivity index (χ0n) is 13.8. The Morgan fingerprint density at radius 2 is 1.70 bits per heavy atom. The van der Waals surface area contributed by atoms with Gasteiger partial charge < -0.3 is 19.1 Å². The van der Waals surface area contributed by atoms with Crippen LogP contribution in [0, 0.1) is 0 Å². The van der Waals surface area contributed by atoms with Gasteiger partial charge in [0.25, 0.3) is 0 Å². The number of ether oxygens (including phenoxy) is 3. The van der Waals surface area contributed by atoms with E-state index in [4.69, 9.17) is 14.2 Å². The summed E-state index contributed by atoms with van der Waals surface area (Å²) >= 11 is 0. The lowest BCUT2D eigenvalue weighted by atomic mass is 10.0. The van der Waals surface area contributed by atoms with E-state index in [1.165, 1.54) is 12.8 Å². The van der Waals surface area contributed by atoms with Crippen molar-refractivity contribution in [2.75, 3.05) is 21.3 Å². The van der Waals surface area contributed by atoms with Crippen LogP contribution in [0.5, 0.6) is 11.5 Å². The molecule has 0 amide bonds. The highest BCUT2D eigenvalue weighted by Crippen LogP contribution is 2.36. The summed E-state index contributed by atoms with van der Waals surface area (Å²) in [5, 5.41) is 0. The zero-order chi connectivity index (χ0) is 15.7. The number of rotatable bonds is 4. The van der Waals surface area contributed by atoms with Gasteiger partial charge in [-0.2, -0.15) is 0 Å². The molecule has 1 aromatic rings. The molecule has 0 aromatic heterocycles. The summed E-state index contributed by atoms with van der Waals surface area (Å²) < 4.78 is 16.1. The van der Waals surface area contributed by atoms with Crippen molar-refractivity contribution >= 4 is 29.9 Å². The summed E-state index contributed by atoms with van der Waals surface area (Å²) in [6.45, 7) is 0. The third kappa shape index (κ3) is 3.74. The van der Waals surface area contributed by atoms with Crippen LogP contribution >= 0.6 is 24.0 Å². The summed E-state index contributed by atoms with van der Waals surface area (Å²) in [6.07, 6.45) is 4.32. The molecule has 5 nitrogen and oxygen atoms in total. The molecule has 0 aliphatic carbocycles. The quantitative estimate of drug-likeness (QED) is 0.540. The number of carbonyl (C=O) groups excluding carboxylic acids is 1. The van der Waals surface area contributed by atoms with E-state index in [0.717, 1.165) is 12.8 Å². The fraction of sp³-hybridized carbons (Fsp3) is 0.588. The summed E-state index contributed by atoms with van der Waals surface area (Å²) in [4.78, 5) is 14.8. The van der Waals surface area contributed by atoms with Crippen LogP contribution in [-0.4, -0.2) is 50.3 Å². The Balaban J connectivity index is 0.00000192. The minimum atomic E-state index is -0.282. The average molecular weight is 433 g/mol. The van der Waals surface area contributed by atoms with E-state index in [0.29, 0.717) is 29.1 Å². The van der Waals surface area contributed by atoms with Gasteiger partial charge in [-0.05, 0) is 38.1 Å². The van der Waals surface area contributed by atoms with Crippen LogP contribution in [0.3, 0.4) is 0 Å². The van der Waals surface area contributed by atoms with Crippen molar-refractivity contribution in [2.45, 2.75) is 43.9 Å². The molecule has 2 heterocycles. The van der Waals surface area contributed by atoms with Gasteiger partial charge in [0.2, 0.25) is 0 Å². The number of methoxy groups -OCH3 is 2. The fourth-order valence-electron chi connectivity index (χ4n) is 3.64. The van der Waals surface area contributed by atoms with Crippen LogP contribution < -0.4 is 9.47 Å². The van der Waals surface area contributed by atoms with Crippen molar-refractivity contribution in [3.63, 3.8) is 0 Å². The van der Waals surface area contributed by atoms with Gasteiger partial charge >= 0.3 is 5.97 Å². The lowest BCUT2D eigenvalue weighted by Gasteiger charge is -2.35. The van der Waals surface area contributed by atoms with Crippen molar-refractivity contribution in [1.29, 1.82) is 0 Å². The fourth-order valence-corrected chi connectivity index (χ4v) is 3.64. The molecule has 23 heavy (non-hydrogen) atoms. The van der Waals surface area contributed by atoms with Crippen molar-refractivity contribution in [1.82, 2.24) is 4.90 Å². The van der Waals surface area contributed by atoms with Gasteiger partial charge in [-0.1, -0.05) is 0 Å². The Labute approximate surface area is 154 Å². The van der Waals surface area contributed by atoms with Gasteiger partial charge in [0, 0.05) is 24.9 Å². The van der Waals surface area contributed by atoms with Gasteiger partial charge in [0.05, 0.1) is 19.8 Å². The highest BCUT2D eigenvalue weighted by atomic mass is 127. The van der Waals surface area contributed by atoms with Crippen LogP contribution in [0.1, 0.15) is 36.0 Å². The maximum absolute atomic E-state index is 12.4. The van der Waals surface area contributed by atoms with E-state index >= 15 is 0 Å². The average Bonchev–Trinajstić information content (AvgIpc) is 2.76. The predicted molar refractivity (Wildman–Crippen MR) is 98.0 cm³/mol. The number of fused-ring (bicyclic) bond motifs is 2. The minimum absolute atomic E-state index is 0. The monoisotopic (exact) mass is 433 g/mol. The largest absolute Gasteiger partial charge is 0.493 e. The van der Waals surface area contributed by atoms with E-state index < -0.39 is 0 Å². The maximum atomic E-state index is 12.4. The highest BCUT2D eigenvalue weighted by Gasteiger charge is 2.39. The molecule has 0 N–H and O–H groups in total. The van der Waals surface area contributed by atoms with Crippen LogP contribution in [0.15, 0.2) is 18.2 Å². The van der Waals surface area contributed by atoms with Crippen LogP contribution in [0.25, 0.3) is 0 Å². The zero-order valence-corrected chi connectivity index (χ0v) is 16.1. The summed E-state index contributed by atoms with van der Waals surface area (Å²) in [6, 6.07) is 6.23. The number of nitrogens with zero attached hydrogens (tertiary/aromatic N) is 1. The minimum Gasteiger partial charge on any atom is -0.493 e. The van der Waals surface area contributed by atoms with Crippen molar-refractivity contribution in [3.8, 4) is 11.5 Å². The topological polar surface area (TPSA) is 48.0 Å². The van der Waals surface area contributed by atoms with Crippen molar-refractivity contribution in [2.24, 2.45) is 0 Å². The SMILES string of the molecule is COc1ccc(C(=O)OC2C[C@H]3CC[C@@H](C2)N3C)cc1OC.I. The highest BCUT2D eigenvalue weighted by molar-refractivity contribution is 14.0. The summed E-state index contributed by atoms with van der Waals surface area (Å²) in [7, 11) is 5.31. The first kappa shape index (κ1) is 18.3. The number of hydrogen-bond acceptors (Lipinski definition) is 5. The van der Waals surface area contributed by atoms with E-state index in [1.807, 2.05) is 0 Å². The van der Waals surface area contributed by atoms with Gasteiger partial charge in [0.1, 0.15) is 6.10 Å². The van der Waals surface area contributed by atoms with Crippen LogP contribution in [-0.2, 0) is 4.74 Å². The molecule has 3 atom stereocenters. The molecule has 3 rings (SSSR count). The summed E-state index contributed by atoms with van der Waals surface area (Å²) in [5.41, 5.74) is 0.504. The number of halogens is 1. The second-order valence-electron chi connectivity index (χ2n) is 6.12. The molecular weight excluding hydrogens is 409 g/mol. The van der Waals surface area contributed by atoms with Crippen molar-refractivity contribution in [3.05, 3.63) is 23.8 Å². The normalized spacial score (nSPS) is 26.3. The third-order valence-electron chi connectivity index (χ3n) is 4.95. The van der Waals surface area contributed by atoms with E-state index in [9.17, 15) is 4.79 Å². The van der Waals surface area contributed by atoms with Gasteiger partial charge in [-0.15, -0.1) is 24.0 Å². The van der Waals surface area contributed by atoms with Gasteiger partial charge in [0.15, 0.2) is 11.5 Å². The van der Waals surface area contributed by atoms with Crippen LogP contribution in [0.2, 0.25) is 0 Å². The molecule has 0 saturated carbocycles. The third-order valence-corrected chi connectivity index (χ3v) is 4.95. The molecule has 2 aliphatic heterocycles. The number of esters is 1. The molecule has 0 spiro atoms. The first-order chi connectivity index (χ1) is 10.6. The second kappa shape index (κ2) is 7.70. The molecule has 6 heteroatoms. The first-order valence-electron chi connectivity index (χ1n) is 7.77. The van der Waals surface area contributed by atoms with Gasteiger partial charge in [-0.3, -0.25) is 0 Å². The molecule has 0 radical (unpaired) electrons. The Hall–Kier alpha value is -1.02. The lowest BCUT2D eigenvalue weighted by Crippen LogP contribution is -2.43. The number of piperidine rings is 1. The number of carbonyl (C=O) groups is 1. The Kier molecular flexibility index (Phi) is 6.13. The Morgan fingerprint density at radius 3 is 2.26 bits per heavy atom. The molecule has 128 valence electrons. The Bertz CT molecular complexity index is 552. The van der Waals surface area contributed by atoms with Crippen molar-refractivity contribution < 1.29 is 19.0 Å². The molecule has 1 aromatic carbocycles. The van der Waals surface area contributed by atoms with Gasteiger partial charge in [-0.25, -0.2) is 4.79 Å². The molecule has 2 aliphatic rings. The molecule has 1 unspecified atom stereocenters. The lowest BCUT2D eigenvalue weighted by molar-refractivity contribution is -0.000478. The van der Waals surface area contributed by atoms with E-state index in [1.54, 1.807) is 32.4 Å². The molecule has 2 bridgehead atoms. The predicted octanol–water partition coefficient (Wildman–Crippen LogP) is 3.10. The standard InChI is InChI=1S/C17H23NO4.HI/c1-18-12-5-6-13(18)10-14(9-12)22-17(19)11-4-7-15(20-2)16(8-11)21-3;/h4,7-8,12-14H,5-6,9-10H2,1-3H3;1H/t12-,13+,14?;. The Morgan fingerprint density at radius 1 is 1.09 bits per heavy atom. The summed E-state index contributed by atoms with van der Waals surface area (Å²) in [5.74, 6) is 0.867. The molecule has 2 fully saturated rings. The number of benzene rings is 1. The maximum Gasteiger partial charge on any atom is 0.338 e. The molecule has 2 saturated heterocycles. The number of hydrogen-bond donors (Lipinski definition) is 0. The first-order valence-corrected chi connectivity index (χ1v) is 7.77. The van der Waals surface area contributed by atoms with E-state index in [2.05, 4.69) is 11.9 Å². The molecular formula is C17H24INO4. The van der Waals surface area contributed by atoms with E-state index in [-0.39, 0.29) is 36.0 Å². The second-order valence-corrected chi connectivity index (χ2v) is 6.12. The smallest absolute Gasteiger partial charge is 0.338 e.